The van der Waals surface area contributed by atoms with Crippen molar-refractivity contribution in [3.8, 4) is 17.1 Å². The molecular formula is C17H8Cl3N3O2. The maximum Gasteiger partial charge on any atom is 0.349 e. The monoisotopic (exact) mass is 391 g/mol. The van der Waals surface area contributed by atoms with Gasteiger partial charge in [-0.1, -0.05) is 40.9 Å². The van der Waals surface area contributed by atoms with Gasteiger partial charge in [0, 0.05) is 16.1 Å². The van der Waals surface area contributed by atoms with Gasteiger partial charge in [0.25, 0.3) is 5.56 Å². The van der Waals surface area contributed by atoms with Gasteiger partial charge in [0.2, 0.25) is 0 Å². The van der Waals surface area contributed by atoms with Crippen molar-refractivity contribution >= 4 is 45.7 Å². The maximum absolute atomic E-state index is 12.3. The molecule has 0 aromatic heterocycles. The second kappa shape index (κ2) is 5.88. The number of rotatable bonds is 1. The molecule has 2 aliphatic rings. The van der Waals surface area contributed by atoms with Crippen LogP contribution in [0.4, 0.5) is 0 Å². The number of H-pyrrole nitrogens is 1. The second-order valence-electron chi connectivity index (χ2n) is 5.36. The number of aromatic nitrogens is 3. The van der Waals surface area contributed by atoms with Gasteiger partial charge in [-0.25, -0.2) is 4.79 Å². The number of nitrogens with one attached hydrogen (secondary N) is 1. The van der Waals surface area contributed by atoms with Crippen molar-refractivity contribution in [2.45, 2.75) is 0 Å². The number of fused-ring (bicyclic) bond motifs is 2. The highest BCUT2D eigenvalue weighted by Gasteiger charge is 2.19. The molecule has 2 aromatic carbocycles. The Labute approximate surface area is 155 Å². The molecule has 2 aromatic rings. The van der Waals surface area contributed by atoms with E-state index in [1.54, 1.807) is 41.0 Å². The molecule has 1 N–H and O–H groups in total. The van der Waals surface area contributed by atoms with Crippen LogP contribution in [-0.4, -0.2) is 14.5 Å². The molecule has 124 valence electrons. The first-order chi connectivity index (χ1) is 12.0. The van der Waals surface area contributed by atoms with Crippen LogP contribution in [0.5, 0.6) is 0 Å². The van der Waals surface area contributed by atoms with Gasteiger partial charge < -0.3 is 0 Å². The van der Waals surface area contributed by atoms with Crippen LogP contribution in [0.3, 0.4) is 0 Å². The first-order valence-electron chi connectivity index (χ1n) is 7.15. The largest absolute Gasteiger partial charge is 0.349 e. The van der Waals surface area contributed by atoms with Crippen molar-refractivity contribution in [1.29, 1.82) is 0 Å². The van der Waals surface area contributed by atoms with Gasteiger partial charge in [0.15, 0.2) is 5.82 Å². The van der Waals surface area contributed by atoms with Crippen LogP contribution in [0.15, 0.2) is 52.1 Å². The summed E-state index contributed by atoms with van der Waals surface area (Å²) in [5.41, 5.74) is 0.255. The van der Waals surface area contributed by atoms with Crippen LogP contribution >= 0.6 is 34.8 Å². The van der Waals surface area contributed by atoms with Crippen LogP contribution in [0.1, 0.15) is 0 Å². The number of aromatic amines is 1. The summed E-state index contributed by atoms with van der Waals surface area (Å²) in [7, 11) is 0. The molecule has 0 aliphatic carbocycles. The Hall–Kier alpha value is -2.34. The summed E-state index contributed by atoms with van der Waals surface area (Å²) in [5, 5.41) is 1.85. The van der Waals surface area contributed by atoms with Crippen molar-refractivity contribution in [2.75, 3.05) is 0 Å². The SMILES string of the molecule is O=c1nc2n(-c3ccc(Cl)c(Cl)c3)c3cccc(Cl)c3cc-2c(=O)[nH]1. The molecule has 0 amide bonds. The van der Waals surface area contributed by atoms with Crippen LogP contribution in [0.2, 0.25) is 15.1 Å². The van der Waals surface area contributed by atoms with E-state index in [2.05, 4.69) is 9.97 Å². The van der Waals surface area contributed by atoms with Gasteiger partial charge in [-0.2, -0.15) is 4.98 Å². The summed E-state index contributed by atoms with van der Waals surface area (Å²) in [6, 6.07) is 11.9. The Morgan fingerprint density at radius 3 is 2.48 bits per heavy atom. The summed E-state index contributed by atoms with van der Waals surface area (Å²) in [6.07, 6.45) is 0. The van der Waals surface area contributed by atoms with Gasteiger partial charge in [-0.05, 0) is 36.4 Å². The lowest BCUT2D eigenvalue weighted by molar-refractivity contribution is 0.960. The average Bonchev–Trinajstić information content (AvgIpc) is 2.56. The van der Waals surface area contributed by atoms with Crippen LogP contribution < -0.4 is 11.2 Å². The zero-order valence-corrected chi connectivity index (χ0v) is 14.7. The lowest BCUT2D eigenvalue weighted by Crippen LogP contribution is -2.27. The third kappa shape index (κ3) is 2.61. The lowest BCUT2D eigenvalue weighted by Gasteiger charge is -2.18. The fraction of sp³-hybridized carbons (Fsp3) is 0. The number of nitrogens with zero attached hydrogens (tertiary/aromatic N) is 2. The van der Waals surface area contributed by atoms with E-state index in [0.29, 0.717) is 31.7 Å². The first-order valence-corrected chi connectivity index (χ1v) is 8.29. The summed E-state index contributed by atoms with van der Waals surface area (Å²) in [4.78, 5) is 30.2. The summed E-state index contributed by atoms with van der Waals surface area (Å²) < 4.78 is 1.66. The molecule has 0 radical (unpaired) electrons. The van der Waals surface area contributed by atoms with E-state index < -0.39 is 11.2 Å². The number of hydrogen-bond acceptors (Lipinski definition) is 3. The van der Waals surface area contributed by atoms with Gasteiger partial charge in [0.05, 0.1) is 21.1 Å². The Kier molecular flexibility index (Phi) is 3.80. The summed E-state index contributed by atoms with van der Waals surface area (Å²) >= 11 is 18.4. The second-order valence-corrected chi connectivity index (χ2v) is 6.58. The number of pyridine rings is 1. The van der Waals surface area contributed by atoms with Crippen molar-refractivity contribution in [3.63, 3.8) is 0 Å². The molecule has 0 spiro atoms. The van der Waals surface area contributed by atoms with E-state index >= 15 is 0 Å². The molecule has 0 unspecified atom stereocenters. The minimum Gasteiger partial charge on any atom is -0.293 e. The zero-order valence-electron chi connectivity index (χ0n) is 12.4. The minimum absolute atomic E-state index is 0.210. The quantitative estimate of drug-likeness (QED) is 0.495. The fourth-order valence-electron chi connectivity index (χ4n) is 2.76. The van der Waals surface area contributed by atoms with Gasteiger partial charge in [0.1, 0.15) is 0 Å². The van der Waals surface area contributed by atoms with E-state index in [1.807, 2.05) is 6.07 Å². The molecule has 5 nitrogen and oxygen atoms in total. The Bertz CT molecular complexity index is 1230. The third-order valence-corrected chi connectivity index (χ3v) is 4.91. The van der Waals surface area contributed by atoms with Crippen LogP contribution in [0, 0.1) is 0 Å². The Balaban J connectivity index is 2.26. The predicted octanol–water partition coefficient (Wildman–Crippen LogP) is 4.14. The minimum atomic E-state index is -0.729. The molecule has 4 rings (SSSR count). The average molecular weight is 393 g/mol. The van der Waals surface area contributed by atoms with Crippen molar-refractivity contribution < 1.29 is 0 Å². The zero-order chi connectivity index (χ0) is 17.7. The van der Waals surface area contributed by atoms with Crippen molar-refractivity contribution in [2.24, 2.45) is 0 Å². The molecule has 0 bridgehead atoms. The highest BCUT2D eigenvalue weighted by molar-refractivity contribution is 6.42. The predicted molar refractivity (Wildman–Crippen MR) is 99.6 cm³/mol. The molecule has 2 heterocycles. The lowest BCUT2D eigenvalue weighted by atomic mass is 10.1. The molecular weight excluding hydrogens is 385 g/mol. The topological polar surface area (TPSA) is 67.8 Å². The van der Waals surface area contributed by atoms with E-state index in [-0.39, 0.29) is 11.4 Å². The van der Waals surface area contributed by atoms with E-state index in [4.69, 9.17) is 34.8 Å². The van der Waals surface area contributed by atoms with Crippen LogP contribution in [0.25, 0.3) is 28.0 Å². The van der Waals surface area contributed by atoms with Gasteiger partial charge in [-0.15, -0.1) is 0 Å². The van der Waals surface area contributed by atoms with E-state index in [9.17, 15) is 9.59 Å². The highest BCUT2D eigenvalue weighted by atomic mass is 35.5. The maximum atomic E-state index is 12.3. The Morgan fingerprint density at radius 2 is 1.72 bits per heavy atom. The third-order valence-electron chi connectivity index (χ3n) is 3.85. The smallest absolute Gasteiger partial charge is 0.293 e. The first kappa shape index (κ1) is 16.1. The highest BCUT2D eigenvalue weighted by Crippen LogP contribution is 2.33. The van der Waals surface area contributed by atoms with Crippen molar-refractivity contribution in [3.05, 3.63) is 78.4 Å². The fourth-order valence-corrected chi connectivity index (χ4v) is 3.27. The summed E-state index contributed by atoms with van der Waals surface area (Å²) in [6.45, 7) is 0. The standard InChI is InChI=1S/C17H8Cl3N3O2/c18-11-2-1-3-14-9(11)7-10-15(21-17(25)22-16(10)24)23(14)8-4-5-12(19)13(20)6-8/h1-7H,(H,22,24,25). The number of benzene rings is 2. The van der Waals surface area contributed by atoms with Crippen LogP contribution in [-0.2, 0) is 0 Å². The van der Waals surface area contributed by atoms with E-state index in [1.165, 1.54) is 0 Å². The van der Waals surface area contributed by atoms with E-state index in [0.717, 1.165) is 0 Å². The number of hydrogen-bond donors (Lipinski definition) is 1. The molecule has 0 atom stereocenters. The normalized spacial score (nSPS) is 11.3. The van der Waals surface area contributed by atoms with Gasteiger partial charge >= 0.3 is 5.69 Å². The van der Waals surface area contributed by atoms with Crippen molar-refractivity contribution in [1.82, 2.24) is 14.5 Å². The molecule has 0 fully saturated rings. The molecule has 8 heteroatoms. The van der Waals surface area contributed by atoms with Gasteiger partial charge in [-0.3, -0.25) is 14.3 Å². The molecule has 0 saturated carbocycles. The summed E-state index contributed by atoms with van der Waals surface area (Å²) in [5.74, 6) is 0.210. The molecule has 0 saturated heterocycles. The molecule has 2 aliphatic heterocycles. The molecule has 25 heavy (non-hydrogen) atoms. The Morgan fingerprint density at radius 1 is 0.920 bits per heavy atom. The number of halogens is 3.